The lowest BCUT2D eigenvalue weighted by Gasteiger charge is -2.01. The first-order chi connectivity index (χ1) is 4.54. The number of carbonyl (C=O) groups is 2. The number of aliphatic hydroxyl groups is 1. The van der Waals surface area contributed by atoms with Gasteiger partial charge in [0.2, 0.25) is 0 Å². The van der Waals surface area contributed by atoms with Crippen LogP contribution in [0.1, 0.15) is 13.8 Å². The SMILES string of the molecule is CC(=O)OCC(=O)C(C)O. The van der Waals surface area contributed by atoms with Crippen LogP contribution in [0.4, 0.5) is 0 Å². The zero-order chi connectivity index (χ0) is 8.15. The monoisotopic (exact) mass is 146 g/mol. The molecule has 1 atom stereocenters. The highest BCUT2D eigenvalue weighted by Crippen LogP contribution is 1.85. The molecule has 0 bridgehead atoms. The fourth-order valence-corrected chi connectivity index (χ4v) is 0.293. The second kappa shape index (κ2) is 4.00. The van der Waals surface area contributed by atoms with Crippen molar-refractivity contribution >= 4 is 11.8 Å². The molecule has 0 radical (unpaired) electrons. The molecule has 0 heterocycles. The average molecular weight is 146 g/mol. The van der Waals surface area contributed by atoms with Crippen molar-refractivity contribution in [3.63, 3.8) is 0 Å². The highest BCUT2D eigenvalue weighted by atomic mass is 16.5. The molecule has 0 spiro atoms. The first-order valence-electron chi connectivity index (χ1n) is 2.88. The maximum atomic E-state index is 10.5. The second-order valence-corrected chi connectivity index (χ2v) is 1.92. The molecule has 4 nitrogen and oxygen atoms in total. The first-order valence-corrected chi connectivity index (χ1v) is 2.88. The minimum absolute atomic E-state index is 0.340. The van der Waals surface area contributed by atoms with Gasteiger partial charge in [-0.1, -0.05) is 0 Å². The molecular formula is C6H10O4. The fraction of sp³-hybridized carbons (Fsp3) is 0.667. The minimum atomic E-state index is -1.06. The van der Waals surface area contributed by atoms with Gasteiger partial charge in [-0.2, -0.15) is 0 Å². The highest BCUT2D eigenvalue weighted by molar-refractivity contribution is 5.85. The minimum Gasteiger partial charge on any atom is -0.458 e. The van der Waals surface area contributed by atoms with Gasteiger partial charge in [-0.25, -0.2) is 0 Å². The third-order valence-corrected chi connectivity index (χ3v) is 0.884. The zero-order valence-corrected chi connectivity index (χ0v) is 5.96. The fourth-order valence-electron chi connectivity index (χ4n) is 0.293. The van der Waals surface area contributed by atoms with Crippen molar-refractivity contribution in [1.29, 1.82) is 0 Å². The topological polar surface area (TPSA) is 63.6 Å². The van der Waals surface area contributed by atoms with Crippen LogP contribution in [0.15, 0.2) is 0 Å². The molecule has 0 aromatic heterocycles. The molecule has 0 fully saturated rings. The second-order valence-electron chi connectivity index (χ2n) is 1.92. The molecule has 1 N–H and O–H groups in total. The van der Waals surface area contributed by atoms with Crippen LogP contribution in [-0.2, 0) is 14.3 Å². The third-order valence-electron chi connectivity index (χ3n) is 0.884. The van der Waals surface area contributed by atoms with Gasteiger partial charge in [-0.3, -0.25) is 9.59 Å². The van der Waals surface area contributed by atoms with Gasteiger partial charge in [0.05, 0.1) is 0 Å². The molecule has 10 heavy (non-hydrogen) atoms. The van der Waals surface area contributed by atoms with E-state index in [1.54, 1.807) is 0 Å². The van der Waals surface area contributed by atoms with E-state index in [0.717, 1.165) is 0 Å². The van der Waals surface area contributed by atoms with Crippen molar-refractivity contribution in [3.05, 3.63) is 0 Å². The molecule has 0 aromatic carbocycles. The maximum Gasteiger partial charge on any atom is 0.303 e. The molecule has 4 heteroatoms. The average Bonchev–Trinajstić information content (AvgIpc) is 1.82. The molecule has 0 aliphatic heterocycles. The number of ether oxygens (including phenoxy) is 1. The Morgan fingerprint density at radius 2 is 2.10 bits per heavy atom. The van der Waals surface area contributed by atoms with Crippen LogP contribution < -0.4 is 0 Å². The maximum absolute atomic E-state index is 10.5. The van der Waals surface area contributed by atoms with Crippen molar-refractivity contribution in [2.24, 2.45) is 0 Å². The summed E-state index contributed by atoms with van der Waals surface area (Å²) in [6, 6.07) is 0. The van der Waals surface area contributed by atoms with E-state index in [1.165, 1.54) is 13.8 Å². The Morgan fingerprint density at radius 1 is 1.60 bits per heavy atom. The summed E-state index contributed by atoms with van der Waals surface area (Å²) in [6.07, 6.45) is -1.06. The van der Waals surface area contributed by atoms with Crippen LogP contribution >= 0.6 is 0 Å². The zero-order valence-electron chi connectivity index (χ0n) is 5.96. The number of rotatable bonds is 3. The molecule has 58 valence electrons. The lowest BCUT2D eigenvalue weighted by Crippen LogP contribution is -2.22. The van der Waals surface area contributed by atoms with Gasteiger partial charge in [0.15, 0.2) is 12.4 Å². The summed E-state index contributed by atoms with van der Waals surface area (Å²) in [6.45, 7) is 2.19. The van der Waals surface area contributed by atoms with Crippen LogP contribution in [0, 0.1) is 0 Å². The van der Waals surface area contributed by atoms with Crippen LogP contribution in [0.2, 0.25) is 0 Å². The first kappa shape index (κ1) is 9.10. The van der Waals surface area contributed by atoms with E-state index in [9.17, 15) is 9.59 Å². The van der Waals surface area contributed by atoms with Crippen LogP contribution in [-0.4, -0.2) is 29.6 Å². The van der Waals surface area contributed by atoms with Crippen molar-refractivity contribution in [3.8, 4) is 0 Å². The van der Waals surface area contributed by atoms with Crippen molar-refractivity contribution in [2.75, 3.05) is 6.61 Å². The molecule has 1 unspecified atom stereocenters. The Labute approximate surface area is 58.8 Å². The van der Waals surface area contributed by atoms with E-state index in [-0.39, 0.29) is 6.61 Å². The molecule has 0 aliphatic carbocycles. The summed E-state index contributed by atoms with van der Waals surface area (Å²) in [5.41, 5.74) is 0. The Balaban J connectivity index is 3.50. The van der Waals surface area contributed by atoms with Gasteiger partial charge in [-0.15, -0.1) is 0 Å². The Hall–Kier alpha value is -0.900. The van der Waals surface area contributed by atoms with Gasteiger partial charge in [-0.05, 0) is 6.92 Å². The Morgan fingerprint density at radius 3 is 2.40 bits per heavy atom. The van der Waals surface area contributed by atoms with E-state index >= 15 is 0 Å². The summed E-state index contributed by atoms with van der Waals surface area (Å²) in [7, 11) is 0. The van der Waals surface area contributed by atoms with E-state index in [1.807, 2.05) is 0 Å². The predicted molar refractivity (Wildman–Crippen MR) is 33.3 cm³/mol. The normalized spacial score (nSPS) is 12.3. The van der Waals surface area contributed by atoms with Gasteiger partial charge in [0.1, 0.15) is 6.10 Å². The van der Waals surface area contributed by atoms with Crippen molar-refractivity contribution in [1.82, 2.24) is 0 Å². The number of Topliss-reactive ketones (excluding diaryl/α,β-unsaturated/α-hetero) is 1. The predicted octanol–water partition coefficient (Wildman–Crippen LogP) is -0.501. The Bertz CT molecular complexity index is 139. The van der Waals surface area contributed by atoms with Gasteiger partial charge in [0.25, 0.3) is 0 Å². The van der Waals surface area contributed by atoms with Crippen LogP contribution in [0.5, 0.6) is 0 Å². The highest BCUT2D eigenvalue weighted by Gasteiger charge is 2.09. The van der Waals surface area contributed by atoms with E-state index < -0.39 is 17.9 Å². The van der Waals surface area contributed by atoms with Crippen LogP contribution in [0.25, 0.3) is 0 Å². The summed E-state index contributed by atoms with van der Waals surface area (Å²) in [5.74, 6) is -1.01. The summed E-state index contributed by atoms with van der Waals surface area (Å²) in [4.78, 5) is 20.6. The summed E-state index contributed by atoms with van der Waals surface area (Å²) >= 11 is 0. The molecule has 0 saturated carbocycles. The van der Waals surface area contributed by atoms with Gasteiger partial charge >= 0.3 is 5.97 Å². The van der Waals surface area contributed by atoms with Crippen molar-refractivity contribution < 1.29 is 19.4 Å². The van der Waals surface area contributed by atoms with Gasteiger partial charge < -0.3 is 9.84 Å². The molecule has 0 aliphatic rings. The number of hydrogen-bond donors (Lipinski definition) is 1. The van der Waals surface area contributed by atoms with E-state index in [2.05, 4.69) is 4.74 Å². The molecule has 0 amide bonds. The standard InChI is InChI=1S/C6H10O4/c1-4(7)6(9)3-10-5(2)8/h4,7H,3H2,1-2H3. The number of hydrogen-bond acceptors (Lipinski definition) is 4. The molecule has 0 rings (SSSR count). The quantitative estimate of drug-likeness (QED) is 0.545. The molecular weight excluding hydrogens is 136 g/mol. The number of esters is 1. The largest absolute Gasteiger partial charge is 0.458 e. The van der Waals surface area contributed by atoms with Crippen LogP contribution in [0.3, 0.4) is 0 Å². The lowest BCUT2D eigenvalue weighted by molar-refractivity contribution is -0.147. The van der Waals surface area contributed by atoms with Crippen molar-refractivity contribution in [2.45, 2.75) is 20.0 Å². The summed E-state index contributed by atoms with van der Waals surface area (Å²) in [5, 5.41) is 8.59. The summed E-state index contributed by atoms with van der Waals surface area (Å²) < 4.78 is 4.32. The van der Waals surface area contributed by atoms with E-state index in [4.69, 9.17) is 5.11 Å². The number of aliphatic hydroxyl groups excluding tert-OH is 1. The molecule has 0 aromatic rings. The van der Waals surface area contributed by atoms with E-state index in [0.29, 0.717) is 0 Å². The lowest BCUT2D eigenvalue weighted by atomic mass is 10.3. The van der Waals surface area contributed by atoms with Gasteiger partial charge in [0, 0.05) is 6.92 Å². The number of carbonyl (C=O) groups excluding carboxylic acids is 2. The molecule has 0 saturated heterocycles. The Kier molecular flexibility index (Phi) is 3.64. The smallest absolute Gasteiger partial charge is 0.303 e. The number of ketones is 1. The third kappa shape index (κ3) is 4.03.